The summed E-state index contributed by atoms with van der Waals surface area (Å²) in [5, 5.41) is 7.16. The number of rotatable bonds is 9. The van der Waals surface area contributed by atoms with E-state index in [-0.39, 0.29) is 5.95 Å². The summed E-state index contributed by atoms with van der Waals surface area (Å²) < 4.78 is 1.45. The summed E-state index contributed by atoms with van der Waals surface area (Å²) in [5.74, 6) is 7.68. The van der Waals surface area contributed by atoms with Crippen molar-refractivity contribution in [3.63, 3.8) is 0 Å². The highest BCUT2D eigenvalue weighted by atomic mass is 32.2. The van der Waals surface area contributed by atoms with E-state index in [1.807, 2.05) is 11.8 Å². The lowest BCUT2D eigenvalue weighted by Gasteiger charge is -2.08. The van der Waals surface area contributed by atoms with Crippen LogP contribution in [-0.2, 0) is 0 Å². The van der Waals surface area contributed by atoms with Crippen LogP contribution in [0.4, 0.5) is 11.9 Å². The van der Waals surface area contributed by atoms with Crippen molar-refractivity contribution < 1.29 is 0 Å². The van der Waals surface area contributed by atoms with Crippen LogP contribution in [0.2, 0.25) is 0 Å². The number of hydrogen-bond acceptors (Lipinski definition) is 9. The van der Waals surface area contributed by atoms with E-state index in [9.17, 15) is 0 Å². The lowest BCUT2D eigenvalue weighted by atomic mass is 10.2. The maximum absolute atomic E-state index is 5.37. The van der Waals surface area contributed by atoms with Gasteiger partial charge in [0.15, 0.2) is 0 Å². The highest BCUT2D eigenvalue weighted by Crippen LogP contribution is 2.08. The van der Waals surface area contributed by atoms with E-state index in [0.717, 1.165) is 13.0 Å². The SMILES string of the molecule is CSCCCCCNc1nc(NN)nc(-n2cncn2)n1. The molecule has 2 heterocycles. The molecule has 0 aliphatic heterocycles. The monoisotopic (exact) mass is 309 g/mol. The summed E-state index contributed by atoms with van der Waals surface area (Å²) in [7, 11) is 0. The molecule has 0 unspecified atom stereocenters. The van der Waals surface area contributed by atoms with Crippen molar-refractivity contribution in [2.75, 3.05) is 29.3 Å². The van der Waals surface area contributed by atoms with Gasteiger partial charge in [0.05, 0.1) is 0 Å². The third kappa shape index (κ3) is 4.83. The zero-order chi connectivity index (χ0) is 14.9. The largest absolute Gasteiger partial charge is 0.354 e. The normalized spacial score (nSPS) is 10.6. The first kappa shape index (κ1) is 15.4. The molecule has 2 aromatic heterocycles. The molecular formula is C11H19N9S. The van der Waals surface area contributed by atoms with Gasteiger partial charge >= 0.3 is 0 Å². The molecule has 0 saturated carbocycles. The molecule has 2 rings (SSSR count). The minimum atomic E-state index is 0.278. The van der Waals surface area contributed by atoms with E-state index in [0.29, 0.717) is 11.9 Å². The van der Waals surface area contributed by atoms with Gasteiger partial charge in [-0.15, -0.1) is 0 Å². The van der Waals surface area contributed by atoms with Gasteiger partial charge in [-0.1, -0.05) is 6.42 Å². The standard InChI is InChI=1S/C11H19N9S/c1-21-6-4-2-3-5-14-9-16-10(19-12)18-11(17-9)20-8-13-7-15-20/h7-8H,2-6,12H2,1H3,(H2,14,16,17,18,19). The molecule has 10 heteroatoms. The average molecular weight is 309 g/mol. The Labute approximate surface area is 127 Å². The number of nitrogen functional groups attached to an aromatic ring is 1. The summed E-state index contributed by atoms with van der Waals surface area (Å²) in [6.45, 7) is 0.805. The molecule has 21 heavy (non-hydrogen) atoms. The van der Waals surface area contributed by atoms with Gasteiger partial charge in [0.1, 0.15) is 12.7 Å². The Hall–Kier alpha value is -1.94. The molecule has 0 spiro atoms. The summed E-state index contributed by atoms with van der Waals surface area (Å²) in [6.07, 6.45) is 8.52. The van der Waals surface area contributed by atoms with Crippen LogP contribution in [0.15, 0.2) is 12.7 Å². The molecule has 0 aliphatic carbocycles. The number of nitrogens with two attached hydrogens (primary N) is 1. The maximum atomic E-state index is 5.37. The predicted octanol–water partition coefficient (Wildman–Crippen LogP) is 0.683. The van der Waals surface area contributed by atoms with Gasteiger partial charge in [0.25, 0.3) is 5.95 Å². The van der Waals surface area contributed by atoms with Crippen molar-refractivity contribution in [1.29, 1.82) is 0 Å². The number of nitrogens with one attached hydrogen (secondary N) is 2. The number of thioether (sulfide) groups is 1. The molecule has 0 aliphatic rings. The molecule has 114 valence electrons. The molecule has 0 saturated heterocycles. The van der Waals surface area contributed by atoms with E-state index in [4.69, 9.17) is 5.84 Å². The second-order valence-corrected chi connectivity index (χ2v) is 5.23. The third-order valence-electron chi connectivity index (χ3n) is 2.68. The van der Waals surface area contributed by atoms with Gasteiger partial charge in [-0.25, -0.2) is 10.8 Å². The zero-order valence-corrected chi connectivity index (χ0v) is 12.7. The summed E-state index contributed by atoms with van der Waals surface area (Å²) in [6, 6.07) is 0. The second kappa shape index (κ2) is 8.37. The van der Waals surface area contributed by atoms with Crippen LogP contribution in [0.25, 0.3) is 5.95 Å². The van der Waals surface area contributed by atoms with Crippen molar-refractivity contribution in [2.45, 2.75) is 19.3 Å². The van der Waals surface area contributed by atoms with Gasteiger partial charge in [-0.2, -0.15) is 36.5 Å². The zero-order valence-electron chi connectivity index (χ0n) is 11.9. The maximum Gasteiger partial charge on any atom is 0.258 e. The van der Waals surface area contributed by atoms with Crippen LogP contribution in [0.3, 0.4) is 0 Å². The molecule has 2 aromatic rings. The Bertz CT molecular complexity index is 530. The number of hydrogen-bond donors (Lipinski definition) is 3. The fourth-order valence-corrected chi connectivity index (χ4v) is 2.16. The highest BCUT2D eigenvalue weighted by molar-refractivity contribution is 7.98. The number of aromatic nitrogens is 6. The Kier molecular flexibility index (Phi) is 6.16. The average Bonchev–Trinajstić information content (AvgIpc) is 3.05. The number of unbranched alkanes of at least 4 members (excludes halogenated alkanes) is 2. The van der Waals surface area contributed by atoms with Gasteiger partial charge in [0, 0.05) is 6.54 Å². The molecule has 0 amide bonds. The Morgan fingerprint density at radius 3 is 2.76 bits per heavy atom. The summed E-state index contributed by atoms with van der Waals surface area (Å²) >= 11 is 1.87. The van der Waals surface area contributed by atoms with Crippen LogP contribution in [0.5, 0.6) is 0 Å². The van der Waals surface area contributed by atoms with E-state index >= 15 is 0 Å². The first-order valence-electron chi connectivity index (χ1n) is 6.64. The number of hydrazine groups is 1. The predicted molar refractivity (Wildman–Crippen MR) is 83.3 cm³/mol. The molecule has 0 radical (unpaired) electrons. The molecule has 9 nitrogen and oxygen atoms in total. The highest BCUT2D eigenvalue weighted by Gasteiger charge is 2.07. The van der Waals surface area contributed by atoms with E-state index in [1.165, 1.54) is 35.9 Å². The smallest absolute Gasteiger partial charge is 0.258 e. The first-order chi connectivity index (χ1) is 10.3. The van der Waals surface area contributed by atoms with Crippen molar-refractivity contribution >= 4 is 23.7 Å². The first-order valence-corrected chi connectivity index (χ1v) is 8.03. The van der Waals surface area contributed by atoms with Crippen molar-refractivity contribution in [3.8, 4) is 5.95 Å². The Morgan fingerprint density at radius 1 is 1.19 bits per heavy atom. The molecule has 0 atom stereocenters. The topological polar surface area (TPSA) is 119 Å². The number of nitrogens with zero attached hydrogens (tertiary/aromatic N) is 6. The number of anilines is 2. The molecule has 0 aromatic carbocycles. The van der Waals surface area contributed by atoms with E-state index < -0.39 is 0 Å². The third-order valence-corrected chi connectivity index (χ3v) is 3.38. The van der Waals surface area contributed by atoms with Crippen molar-refractivity contribution in [1.82, 2.24) is 29.7 Å². The van der Waals surface area contributed by atoms with Crippen molar-refractivity contribution in [2.24, 2.45) is 5.84 Å². The van der Waals surface area contributed by atoms with Crippen molar-refractivity contribution in [3.05, 3.63) is 12.7 Å². The summed E-state index contributed by atoms with van der Waals surface area (Å²) in [5.41, 5.74) is 2.42. The molecule has 0 bridgehead atoms. The quantitative estimate of drug-likeness (QED) is 0.349. The lowest BCUT2D eigenvalue weighted by Crippen LogP contribution is -2.16. The molecule has 0 fully saturated rings. The lowest BCUT2D eigenvalue weighted by molar-refractivity contribution is 0.741. The van der Waals surface area contributed by atoms with E-state index in [2.05, 4.69) is 42.0 Å². The summed E-state index contributed by atoms with van der Waals surface area (Å²) in [4.78, 5) is 16.4. The van der Waals surface area contributed by atoms with E-state index in [1.54, 1.807) is 0 Å². The van der Waals surface area contributed by atoms with Crippen LogP contribution in [-0.4, -0.2) is 48.3 Å². The minimum Gasteiger partial charge on any atom is -0.354 e. The van der Waals surface area contributed by atoms with Gasteiger partial charge in [0.2, 0.25) is 11.9 Å². The van der Waals surface area contributed by atoms with Crippen LogP contribution in [0.1, 0.15) is 19.3 Å². The molecule has 4 N–H and O–H groups in total. The van der Waals surface area contributed by atoms with Gasteiger partial charge in [-0.3, -0.25) is 5.43 Å². The fraction of sp³-hybridized carbons (Fsp3) is 0.545. The van der Waals surface area contributed by atoms with Gasteiger partial charge < -0.3 is 5.32 Å². The van der Waals surface area contributed by atoms with Gasteiger partial charge in [-0.05, 0) is 24.9 Å². The fourth-order valence-electron chi connectivity index (χ4n) is 1.67. The van der Waals surface area contributed by atoms with Crippen LogP contribution < -0.4 is 16.6 Å². The Balaban J connectivity index is 1.94. The Morgan fingerprint density at radius 2 is 2.05 bits per heavy atom. The minimum absolute atomic E-state index is 0.278. The van der Waals surface area contributed by atoms with Crippen LogP contribution in [0, 0.1) is 0 Å². The molecular weight excluding hydrogens is 290 g/mol. The second-order valence-electron chi connectivity index (χ2n) is 4.25. The van der Waals surface area contributed by atoms with Crippen LogP contribution >= 0.6 is 11.8 Å².